The number of carbonyl (C=O) groups excluding carboxylic acids is 7. The van der Waals surface area contributed by atoms with Crippen LogP contribution in [0.1, 0.15) is 253 Å². The maximum absolute atomic E-state index is 13.3. The summed E-state index contributed by atoms with van der Waals surface area (Å²) in [6, 6.07) is 0. The van der Waals surface area contributed by atoms with Gasteiger partial charge in [0, 0.05) is 6.42 Å². The Morgan fingerprint density at radius 3 is 0.760 bits per heavy atom. The van der Waals surface area contributed by atoms with Crippen molar-refractivity contribution in [3.63, 3.8) is 0 Å². The summed E-state index contributed by atoms with van der Waals surface area (Å²) in [5.41, 5.74) is -1.60. The van der Waals surface area contributed by atoms with E-state index in [9.17, 15) is 33.6 Å². The van der Waals surface area contributed by atoms with Crippen molar-refractivity contribution in [2.75, 3.05) is 66.9 Å². The zero-order chi connectivity index (χ0) is 55.8. The number of hydrogen-bond acceptors (Lipinski definition) is 15. The highest BCUT2D eigenvalue weighted by molar-refractivity contribution is 5.79. The summed E-state index contributed by atoms with van der Waals surface area (Å²) in [7, 11) is 3.87. The summed E-state index contributed by atoms with van der Waals surface area (Å²) in [4.78, 5) is 93.8. The molecule has 0 saturated heterocycles. The molecule has 0 N–H and O–H groups in total. The molecule has 0 atom stereocenters. The molecule has 15 nitrogen and oxygen atoms in total. The lowest BCUT2D eigenvalue weighted by molar-refractivity contribution is -0.173. The Bertz CT molecular complexity index is 1310. The van der Waals surface area contributed by atoms with Gasteiger partial charge in [-0.3, -0.25) is 33.6 Å². The van der Waals surface area contributed by atoms with Crippen LogP contribution in [0, 0.1) is 23.2 Å². The number of ether oxygens (including phenoxy) is 7. The van der Waals surface area contributed by atoms with Gasteiger partial charge in [-0.2, -0.15) is 0 Å². The van der Waals surface area contributed by atoms with E-state index in [1.54, 1.807) is 0 Å². The third-order valence-electron chi connectivity index (χ3n) is 13.7. The molecule has 0 aliphatic rings. The highest BCUT2D eigenvalue weighted by atomic mass is 16.6. The van der Waals surface area contributed by atoms with Crippen LogP contribution in [-0.4, -0.2) is 114 Å². The Morgan fingerprint density at radius 2 is 0.533 bits per heavy atom. The minimum Gasteiger partial charge on any atom is -0.465 e. The predicted octanol–water partition coefficient (Wildman–Crippen LogP) is 13.2. The zero-order valence-electron chi connectivity index (χ0n) is 48.9. The van der Waals surface area contributed by atoms with Gasteiger partial charge in [-0.15, -0.1) is 0 Å². The van der Waals surface area contributed by atoms with E-state index in [1.165, 1.54) is 0 Å². The minimum absolute atomic E-state index is 0.0871. The van der Waals surface area contributed by atoms with Crippen LogP contribution in [0.25, 0.3) is 0 Å². The van der Waals surface area contributed by atoms with Gasteiger partial charge in [-0.1, -0.05) is 157 Å². The van der Waals surface area contributed by atoms with Gasteiger partial charge in [-0.25, -0.2) is 0 Å². The normalized spacial score (nSPS) is 11.6. The number of nitrogens with zero attached hydrogens (tertiary/aromatic N) is 1. The Morgan fingerprint density at radius 1 is 0.307 bits per heavy atom. The van der Waals surface area contributed by atoms with E-state index < -0.39 is 73.6 Å². The fraction of sp³-hybridized carbons (Fsp3) is 0.883. The molecule has 438 valence electrons. The quantitative estimate of drug-likeness (QED) is 0.0318. The number of carbonyl (C=O) groups is 7. The van der Waals surface area contributed by atoms with Crippen LogP contribution < -0.4 is 0 Å². The van der Waals surface area contributed by atoms with Gasteiger partial charge < -0.3 is 38.1 Å². The van der Waals surface area contributed by atoms with E-state index >= 15 is 0 Å². The predicted molar refractivity (Wildman–Crippen MR) is 295 cm³/mol. The van der Waals surface area contributed by atoms with E-state index in [0.717, 1.165) is 167 Å². The first-order valence-electron chi connectivity index (χ1n) is 29.9. The van der Waals surface area contributed by atoms with E-state index in [-0.39, 0.29) is 82.5 Å². The topological polar surface area (TPSA) is 187 Å². The molecule has 0 aromatic heterocycles. The molecule has 15 heteroatoms. The highest BCUT2D eigenvalue weighted by Crippen LogP contribution is 2.25. The van der Waals surface area contributed by atoms with Crippen LogP contribution in [-0.2, 0) is 66.7 Å². The summed E-state index contributed by atoms with van der Waals surface area (Å²) < 4.78 is 39.8. The van der Waals surface area contributed by atoms with Gasteiger partial charge in [0.15, 0.2) is 0 Å². The number of esters is 7. The van der Waals surface area contributed by atoms with Gasteiger partial charge in [0.2, 0.25) is 0 Å². The Hall–Kier alpha value is -3.75. The van der Waals surface area contributed by atoms with Crippen molar-refractivity contribution in [3.05, 3.63) is 0 Å². The van der Waals surface area contributed by atoms with Crippen LogP contribution in [0.3, 0.4) is 0 Å². The molecule has 75 heavy (non-hydrogen) atoms. The molecule has 0 spiro atoms. The lowest BCUT2D eigenvalue weighted by Gasteiger charge is -2.31. The zero-order valence-corrected chi connectivity index (χ0v) is 48.9. The third-order valence-corrected chi connectivity index (χ3v) is 13.7. The second kappa shape index (κ2) is 48.6. The molecular formula is C60H109NO14. The lowest BCUT2D eigenvalue weighted by Crippen LogP contribution is -2.44. The largest absolute Gasteiger partial charge is 0.465 e. The monoisotopic (exact) mass is 1070 g/mol. The van der Waals surface area contributed by atoms with Gasteiger partial charge in [0.1, 0.15) is 31.8 Å². The van der Waals surface area contributed by atoms with Crippen molar-refractivity contribution < 1.29 is 66.7 Å². The molecule has 0 aromatic carbocycles. The molecular weight excluding hydrogens is 959 g/mol. The first kappa shape index (κ1) is 71.2. The fourth-order valence-corrected chi connectivity index (χ4v) is 8.66. The summed E-state index contributed by atoms with van der Waals surface area (Å²) in [6.07, 6.45) is 25.2. The van der Waals surface area contributed by atoms with Gasteiger partial charge in [-0.05, 0) is 89.8 Å². The summed E-state index contributed by atoms with van der Waals surface area (Å²) >= 11 is 0. The number of hydrogen-bond donors (Lipinski definition) is 0. The second-order valence-electron chi connectivity index (χ2n) is 21.5. The van der Waals surface area contributed by atoms with Crippen LogP contribution in [0.15, 0.2) is 0 Å². The van der Waals surface area contributed by atoms with E-state index in [2.05, 4.69) is 41.5 Å². The molecule has 0 aliphatic heterocycles. The third kappa shape index (κ3) is 43.0. The van der Waals surface area contributed by atoms with Crippen molar-refractivity contribution in [3.8, 4) is 0 Å². The molecule has 0 rings (SSSR count). The maximum Gasteiger partial charge on any atom is 0.306 e. The molecule has 0 fully saturated rings. The van der Waals surface area contributed by atoms with Crippen LogP contribution >= 0.6 is 0 Å². The van der Waals surface area contributed by atoms with Gasteiger partial charge in [0.05, 0.1) is 58.3 Å². The number of unbranched alkanes of at least 4 members (excludes halogenated alkanes) is 13. The minimum atomic E-state index is -1.60. The van der Waals surface area contributed by atoms with Crippen molar-refractivity contribution in [1.82, 2.24) is 4.90 Å². The maximum atomic E-state index is 13.3. The smallest absolute Gasteiger partial charge is 0.306 e. The summed E-state index contributed by atoms with van der Waals surface area (Å²) in [5, 5.41) is 0. The average molecular weight is 1070 g/mol. The average Bonchev–Trinajstić information content (AvgIpc) is 3.39. The lowest BCUT2D eigenvalue weighted by atomic mass is 9.92. The number of rotatable bonds is 52. The van der Waals surface area contributed by atoms with E-state index in [1.807, 2.05) is 19.0 Å². The Balaban J connectivity index is 6.22. The van der Waals surface area contributed by atoms with Crippen LogP contribution in [0.4, 0.5) is 0 Å². The van der Waals surface area contributed by atoms with Crippen molar-refractivity contribution >= 4 is 41.8 Å². The molecule has 0 radical (unpaired) electrons. The highest BCUT2D eigenvalue weighted by Gasteiger charge is 2.38. The molecule has 0 unspecified atom stereocenters. The summed E-state index contributed by atoms with van der Waals surface area (Å²) in [6.45, 7) is 12.5. The van der Waals surface area contributed by atoms with Crippen LogP contribution in [0.2, 0.25) is 0 Å². The molecule has 0 aromatic rings. The standard InChI is InChI=1S/C60H109NO14/c1-9-15-21-29-50(30-22-16-10-2)43-69-54(63)36-39-57(66)73-47-60(46-72-53(62)35-27-28-42-61(7)8,48-74-58(67)40-37-55(64)70-44-51(31-23-17-11-3)32-24-18-12-4)49-75-59(68)41-38-56(65)71-45-52(33-25-19-13-5)34-26-20-14-6/h50-52H,9-49H2,1-8H3. The van der Waals surface area contributed by atoms with Gasteiger partial charge >= 0.3 is 41.8 Å². The first-order valence-corrected chi connectivity index (χ1v) is 29.9. The summed E-state index contributed by atoms with van der Waals surface area (Å²) in [5.74, 6) is -3.66. The van der Waals surface area contributed by atoms with Crippen molar-refractivity contribution in [2.24, 2.45) is 23.2 Å². The molecule has 0 bridgehead atoms. The van der Waals surface area contributed by atoms with Crippen LogP contribution in [0.5, 0.6) is 0 Å². The van der Waals surface area contributed by atoms with Crippen molar-refractivity contribution in [1.29, 1.82) is 0 Å². The molecule has 0 amide bonds. The Kier molecular flexibility index (Phi) is 46.2. The SMILES string of the molecule is CCCCCC(CCCCC)COC(=O)CCC(=O)OCC(COC(=O)CCCCN(C)C)(COC(=O)CCC(=O)OCC(CCCCC)CCCCC)COC(=O)CCC(=O)OCC(CCCCC)CCCCC. The molecule has 0 heterocycles. The Labute approximate surface area is 455 Å². The second-order valence-corrected chi connectivity index (χ2v) is 21.5. The van der Waals surface area contributed by atoms with E-state index in [4.69, 9.17) is 33.2 Å². The molecule has 0 aliphatic carbocycles. The molecule has 0 saturated carbocycles. The first-order chi connectivity index (χ1) is 36.2. The van der Waals surface area contributed by atoms with Gasteiger partial charge in [0.25, 0.3) is 0 Å². The fourth-order valence-electron chi connectivity index (χ4n) is 8.66. The van der Waals surface area contributed by atoms with Crippen molar-refractivity contribution in [2.45, 2.75) is 253 Å². The van der Waals surface area contributed by atoms with E-state index in [0.29, 0.717) is 6.42 Å².